The van der Waals surface area contributed by atoms with E-state index in [1.54, 1.807) is 6.07 Å². The van der Waals surface area contributed by atoms with Crippen LogP contribution >= 0.6 is 0 Å². The van der Waals surface area contributed by atoms with Crippen molar-refractivity contribution in [1.82, 2.24) is 25.8 Å². The molecule has 26 heavy (non-hydrogen) atoms. The van der Waals surface area contributed by atoms with Gasteiger partial charge in [-0.1, -0.05) is 19.0 Å². The van der Waals surface area contributed by atoms with Gasteiger partial charge in [-0.25, -0.2) is 9.18 Å². The van der Waals surface area contributed by atoms with E-state index in [1.165, 1.54) is 12.1 Å². The van der Waals surface area contributed by atoms with E-state index in [2.05, 4.69) is 25.8 Å². The number of halogens is 1. The Morgan fingerprint density at radius 1 is 1.27 bits per heavy atom. The minimum absolute atomic E-state index is 0.210. The summed E-state index contributed by atoms with van der Waals surface area (Å²) in [5.41, 5.74) is 1.85. The van der Waals surface area contributed by atoms with Gasteiger partial charge in [0.2, 0.25) is 5.89 Å². The second-order valence-corrected chi connectivity index (χ2v) is 6.39. The van der Waals surface area contributed by atoms with Crippen LogP contribution in [-0.2, 0) is 12.8 Å². The third-order valence-corrected chi connectivity index (χ3v) is 4.03. The topological polar surface area (TPSA) is 95.8 Å². The second-order valence-electron chi connectivity index (χ2n) is 6.39. The van der Waals surface area contributed by atoms with Crippen molar-refractivity contribution >= 4 is 16.9 Å². The molecule has 1 aromatic carbocycles. The molecule has 0 bridgehead atoms. The molecule has 0 fully saturated rings. The number of urea groups is 1. The predicted molar refractivity (Wildman–Crippen MR) is 95.5 cm³/mol. The number of carbonyl (C=O) groups is 1. The molecule has 0 unspecified atom stereocenters. The third kappa shape index (κ3) is 4.38. The van der Waals surface area contributed by atoms with Crippen LogP contribution in [0.5, 0.6) is 0 Å². The number of aromatic nitrogens is 3. The minimum Gasteiger partial charge on any atom is -0.361 e. The zero-order chi connectivity index (χ0) is 18.5. The molecule has 0 aliphatic heterocycles. The molecular weight excluding hydrogens is 337 g/mol. The zero-order valence-electron chi connectivity index (χ0n) is 14.8. The van der Waals surface area contributed by atoms with Crippen LogP contribution in [0.4, 0.5) is 9.18 Å². The quantitative estimate of drug-likeness (QED) is 0.604. The number of nitrogens with one attached hydrogen (secondary N) is 3. The summed E-state index contributed by atoms with van der Waals surface area (Å²) in [6.07, 6.45) is 2.93. The van der Waals surface area contributed by atoms with Crippen molar-refractivity contribution < 1.29 is 13.7 Å². The first-order chi connectivity index (χ1) is 12.5. The number of nitrogens with zero attached hydrogens (tertiary/aromatic N) is 2. The van der Waals surface area contributed by atoms with Crippen molar-refractivity contribution in [1.29, 1.82) is 0 Å². The molecule has 138 valence electrons. The van der Waals surface area contributed by atoms with Crippen LogP contribution in [0.1, 0.15) is 37.0 Å². The predicted octanol–water partition coefficient (Wildman–Crippen LogP) is 2.90. The summed E-state index contributed by atoms with van der Waals surface area (Å²) in [5, 5.41) is 10.3. The van der Waals surface area contributed by atoms with E-state index in [9.17, 15) is 9.18 Å². The Morgan fingerprint density at radius 2 is 2.04 bits per heavy atom. The highest BCUT2D eigenvalue weighted by molar-refractivity contribution is 5.83. The van der Waals surface area contributed by atoms with Gasteiger partial charge in [0.05, 0.1) is 0 Å². The third-order valence-electron chi connectivity index (χ3n) is 4.03. The molecular formula is C18H22FN5O2. The Morgan fingerprint density at radius 3 is 2.77 bits per heavy atom. The van der Waals surface area contributed by atoms with Gasteiger partial charge in [0.15, 0.2) is 5.82 Å². The molecule has 2 amide bonds. The average Bonchev–Trinajstić information content (AvgIpc) is 3.22. The SMILES string of the molecule is CC(C)c1noc(CCNC(=O)NCCc2c[nH]c3ccc(F)cc23)n1. The lowest BCUT2D eigenvalue weighted by atomic mass is 10.1. The maximum Gasteiger partial charge on any atom is 0.314 e. The Labute approximate surface area is 150 Å². The van der Waals surface area contributed by atoms with Crippen LogP contribution in [0.15, 0.2) is 28.9 Å². The van der Waals surface area contributed by atoms with Gasteiger partial charge in [-0.2, -0.15) is 4.98 Å². The summed E-state index contributed by atoms with van der Waals surface area (Å²) in [5.74, 6) is 1.11. The number of hydrogen-bond acceptors (Lipinski definition) is 4. The maximum absolute atomic E-state index is 13.4. The van der Waals surface area contributed by atoms with Crippen molar-refractivity contribution in [2.75, 3.05) is 13.1 Å². The smallest absolute Gasteiger partial charge is 0.314 e. The number of H-pyrrole nitrogens is 1. The first-order valence-electron chi connectivity index (χ1n) is 8.62. The molecule has 0 aliphatic rings. The van der Waals surface area contributed by atoms with E-state index in [0.29, 0.717) is 37.6 Å². The minimum atomic E-state index is -0.272. The van der Waals surface area contributed by atoms with E-state index in [1.807, 2.05) is 20.0 Å². The van der Waals surface area contributed by atoms with Crippen molar-refractivity contribution in [3.05, 3.63) is 47.5 Å². The highest BCUT2D eigenvalue weighted by Gasteiger charge is 2.10. The van der Waals surface area contributed by atoms with Gasteiger partial charge in [0.1, 0.15) is 5.82 Å². The van der Waals surface area contributed by atoms with E-state index < -0.39 is 0 Å². The number of carbonyl (C=O) groups excluding carboxylic acids is 1. The van der Waals surface area contributed by atoms with Gasteiger partial charge in [-0.3, -0.25) is 0 Å². The van der Waals surface area contributed by atoms with Gasteiger partial charge >= 0.3 is 6.03 Å². The van der Waals surface area contributed by atoms with Gasteiger partial charge in [0, 0.05) is 42.5 Å². The molecule has 0 saturated heterocycles. The van der Waals surface area contributed by atoms with E-state index in [-0.39, 0.29) is 17.8 Å². The average molecular weight is 359 g/mol. The van der Waals surface area contributed by atoms with Gasteiger partial charge in [0.25, 0.3) is 0 Å². The van der Waals surface area contributed by atoms with Crippen LogP contribution in [0.3, 0.4) is 0 Å². The Kier molecular flexibility index (Phi) is 5.50. The molecule has 7 nitrogen and oxygen atoms in total. The largest absolute Gasteiger partial charge is 0.361 e. The Bertz CT molecular complexity index is 887. The molecule has 0 atom stereocenters. The molecule has 2 aromatic heterocycles. The highest BCUT2D eigenvalue weighted by atomic mass is 19.1. The molecule has 0 radical (unpaired) electrons. The monoisotopic (exact) mass is 359 g/mol. The molecule has 3 N–H and O–H groups in total. The summed E-state index contributed by atoms with van der Waals surface area (Å²) in [6.45, 7) is 4.84. The number of amides is 2. The lowest BCUT2D eigenvalue weighted by Crippen LogP contribution is -2.37. The molecule has 2 heterocycles. The summed E-state index contributed by atoms with van der Waals surface area (Å²) < 4.78 is 18.5. The molecule has 8 heteroatoms. The van der Waals surface area contributed by atoms with Crippen LogP contribution in [0.2, 0.25) is 0 Å². The summed E-state index contributed by atoms with van der Waals surface area (Å²) in [7, 11) is 0. The van der Waals surface area contributed by atoms with E-state index >= 15 is 0 Å². The summed E-state index contributed by atoms with van der Waals surface area (Å²) >= 11 is 0. The Balaban J connectivity index is 1.40. The fourth-order valence-electron chi connectivity index (χ4n) is 2.62. The number of benzene rings is 1. The van der Waals surface area contributed by atoms with Gasteiger partial charge in [-0.15, -0.1) is 0 Å². The number of fused-ring (bicyclic) bond motifs is 1. The van der Waals surface area contributed by atoms with Crippen LogP contribution < -0.4 is 10.6 Å². The fraction of sp³-hybridized carbons (Fsp3) is 0.389. The Hall–Kier alpha value is -2.90. The number of aromatic amines is 1. The van der Waals surface area contributed by atoms with Crippen molar-refractivity contribution in [3.8, 4) is 0 Å². The zero-order valence-corrected chi connectivity index (χ0v) is 14.8. The number of rotatable bonds is 7. The van der Waals surface area contributed by atoms with Crippen molar-refractivity contribution in [2.24, 2.45) is 0 Å². The van der Waals surface area contributed by atoms with Gasteiger partial charge < -0.3 is 20.1 Å². The summed E-state index contributed by atoms with van der Waals surface area (Å²) in [6, 6.07) is 4.36. The van der Waals surface area contributed by atoms with E-state index in [4.69, 9.17) is 4.52 Å². The first kappa shape index (κ1) is 17.9. The van der Waals surface area contributed by atoms with Gasteiger partial charge in [-0.05, 0) is 30.2 Å². The normalized spacial score (nSPS) is 11.2. The second kappa shape index (κ2) is 7.99. The van der Waals surface area contributed by atoms with Crippen LogP contribution in [0, 0.1) is 5.82 Å². The molecule has 0 saturated carbocycles. The molecule has 0 spiro atoms. The summed E-state index contributed by atoms with van der Waals surface area (Å²) in [4.78, 5) is 19.2. The highest BCUT2D eigenvalue weighted by Crippen LogP contribution is 2.19. The van der Waals surface area contributed by atoms with Crippen molar-refractivity contribution in [2.45, 2.75) is 32.6 Å². The standard InChI is InChI=1S/C18H22FN5O2/c1-11(2)17-23-16(26-24-17)6-8-21-18(25)20-7-5-12-10-22-15-4-3-13(19)9-14(12)15/h3-4,9-11,22H,5-8H2,1-2H3,(H2,20,21,25). The lowest BCUT2D eigenvalue weighted by Gasteiger charge is -2.06. The lowest BCUT2D eigenvalue weighted by molar-refractivity contribution is 0.240. The fourth-order valence-corrected chi connectivity index (χ4v) is 2.62. The number of hydrogen-bond donors (Lipinski definition) is 3. The molecule has 3 rings (SSSR count). The molecule has 0 aliphatic carbocycles. The van der Waals surface area contributed by atoms with Crippen LogP contribution in [-0.4, -0.2) is 34.2 Å². The van der Waals surface area contributed by atoms with Crippen molar-refractivity contribution in [3.63, 3.8) is 0 Å². The van der Waals surface area contributed by atoms with E-state index in [0.717, 1.165) is 16.5 Å². The maximum atomic E-state index is 13.4. The first-order valence-corrected chi connectivity index (χ1v) is 8.62. The molecule has 3 aromatic rings. The van der Waals surface area contributed by atoms with Crippen LogP contribution in [0.25, 0.3) is 10.9 Å².